The Labute approximate surface area is 145 Å². The van der Waals surface area contributed by atoms with Crippen LogP contribution in [0, 0.1) is 5.82 Å². The maximum Gasteiger partial charge on any atom is 0.132 e. The molecule has 0 aliphatic heterocycles. The Kier molecular flexibility index (Phi) is 6.22. The van der Waals surface area contributed by atoms with Crippen molar-refractivity contribution in [3.63, 3.8) is 0 Å². The standard InChI is InChI=1S/C15H16Br2FNOS/c1-3-6-19-14(13-8-11(16)15(17)21-13)10-5-4-9(20-2)7-12(10)18/h4-5,7-8,14,19H,3,6H2,1-2H3. The van der Waals surface area contributed by atoms with E-state index in [9.17, 15) is 4.39 Å². The van der Waals surface area contributed by atoms with Gasteiger partial charge >= 0.3 is 0 Å². The molecule has 1 atom stereocenters. The van der Waals surface area contributed by atoms with Gasteiger partial charge in [0.2, 0.25) is 0 Å². The zero-order chi connectivity index (χ0) is 15.4. The lowest BCUT2D eigenvalue weighted by Gasteiger charge is -2.18. The van der Waals surface area contributed by atoms with Crippen LogP contribution < -0.4 is 10.1 Å². The molecule has 2 nitrogen and oxygen atoms in total. The van der Waals surface area contributed by atoms with E-state index in [1.807, 2.05) is 6.07 Å². The normalized spacial score (nSPS) is 12.4. The number of hydrogen-bond donors (Lipinski definition) is 1. The first kappa shape index (κ1) is 16.9. The van der Waals surface area contributed by atoms with Crippen molar-refractivity contribution >= 4 is 43.2 Å². The molecule has 6 heteroatoms. The molecule has 0 radical (unpaired) electrons. The predicted octanol–water partition coefficient (Wildman–Crippen LogP) is 5.51. The highest BCUT2D eigenvalue weighted by Crippen LogP contribution is 2.38. The zero-order valence-electron chi connectivity index (χ0n) is 11.8. The van der Waals surface area contributed by atoms with Crippen LogP contribution in [0.2, 0.25) is 0 Å². The largest absolute Gasteiger partial charge is 0.497 e. The van der Waals surface area contributed by atoms with Gasteiger partial charge in [-0.25, -0.2) is 4.39 Å². The van der Waals surface area contributed by atoms with Gasteiger partial charge in [-0.05, 0) is 57.0 Å². The summed E-state index contributed by atoms with van der Waals surface area (Å²) in [6, 6.07) is 6.85. The second-order valence-electron chi connectivity index (χ2n) is 4.54. The van der Waals surface area contributed by atoms with Crippen molar-refractivity contribution in [2.45, 2.75) is 19.4 Å². The third-order valence-electron chi connectivity index (χ3n) is 3.07. The van der Waals surface area contributed by atoms with Crippen LogP contribution in [-0.4, -0.2) is 13.7 Å². The quantitative estimate of drug-likeness (QED) is 0.644. The number of halogens is 3. The molecule has 0 bridgehead atoms. The zero-order valence-corrected chi connectivity index (χ0v) is 15.7. The summed E-state index contributed by atoms with van der Waals surface area (Å²) < 4.78 is 21.4. The Hall–Kier alpha value is -0.430. The summed E-state index contributed by atoms with van der Waals surface area (Å²) in [4.78, 5) is 1.06. The van der Waals surface area contributed by atoms with Crippen molar-refractivity contribution in [1.29, 1.82) is 0 Å². The average Bonchev–Trinajstić information content (AvgIpc) is 2.80. The van der Waals surface area contributed by atoms with Gasteiger partial charge in [0.15, 0.2) is 0 Å². The summed E-state index contributed by atoms with van der Waals surface area (Å²) in [5, 5.41) is 3.41. The van der Waals surface area contributed by atoms with Gasteiger partial charge in [-0.3, -0.25) is 0 Å². The number of hydrogen-bond acceptors (Lipinski definition) is 3. The molecule has 2 rings (SSSR count). The molecule has 0 saturated heterocycles. The summed E-state index contributed by atoms with van der Waals surface area (Å²) in [7, 11) is 1.54. The van der Waals surface area contributed by atoms with E-state index in [1.54, 1.807) is 23.5 Å². The average molecular weight is 437 g/mol. The molecule has 0 fully saturated rings. The predicted molar refractivity (Wildman–Crippen MR) is 92.8 cm³/mol. The lowest BCUT2D eigenvalue weighted by Crippen LogP contribution is -2.23. The van der Waals surface area contributed by atoms with Crippen LogP contribution in [-0.2, 0) is 0 Å². The fraction of sp³-hybridized carbons (Fsp3) is 0.333. The van der Waals surface area contributed by atoms with E-state index in [2.05, 4.69) is 44.1 Å². The fourth-order valence-corrected chi connectivity index (χ4v) is 4.21. The molecule has 1 N–H and O–H groups in total. The van der Waals surface area contributed by atoms with Crippen molar-refractivity contribution in [2.24, 2.45) is 0 Å². The van der Waals surface area contributed by atoms with Gasteiger partial charge < -0.3 is 10.1 Å². The summed E-state index contributed by atoms with van der Waals surface area (Å²) in [6.45, 7) is 2.91. The first-order chi connectivity index (χ1) is 10.1. The van der Waals surface area contributed by atoms with Crippen molar-refractivity contribution < 1.29 is 9.13 Å². The monoisotopic (exact) mass is 435 g/mol. The minimum absolute atomic E-state index is 0.163. The molecule has 1 unspecified atom stereocenters. The molecule has 114 valence electrons. The third kappa shape index (κ3) is 4.06. The van der Waals surface area contributed by atoms with E-state index in [0.717, 1.165) is 26.1 Å². The second kappa shape index (κ2) is 7.72. The Morgan fingerprint density at radius 3 is 2.62 bits per heavy atom. The highest BCUT2D eigenvalue weighted by atomic mass is 79.9. The SMILES string of the molecule is CCCNC(c1cc(Br)c(Br)s1)c1ccc(OC)cc1F. The molecule has 0 aliphatic rings. The summed E-state index contributed by atoms with van der Waals surface area (Å²) in [6.07, 6.45) is 0.988. The summed E-state index contributed by atoms with van der Waals surface area (Å²) >= 11 is 8.58. The molecule has 0 saturated carbocycles. The Bertz CT molecular complexity index is 598. The molecule has 21 heavy (non-hydrogen) atoms. The number of nitrogens with one attached hydrogen (secondary N) is 1. The van der Waals surface area contributed by atoms with Gasteiger partial charge in [-0.1, -0.05) is 13.0 Å². The Balaban J connectivity index is 2.40. The third-order valence-corrected chi connectivity index (χ3v) is 6.39. The number of thiophene rings is 1. The molecule has 0 aliphatic carbocycles. The van der Waals surface area contributed by atoms with Crippen LogP contribution in [0.25, 0.3) is 0 Å². The Morgan fingerprint density at radius 1 is 1.33 bits per heavy atom. The van der Waals surface area contributed by atoms with Crippen LogP contribution in [0.3, 0.4) is 0 Å². The van der Waals surface area contributed by atoms with E-state index >= 15 is 0 Å². The van der Waals surface area contributed by atoms with E-state index in [-0.39, 0.29) is 11.9 Å². The molecule has 0 amide bonds. The minimum Gasteiger partial charge on any atom is -0.497 e. The van der Waals surface area contributed by atoms with E-state index < -0.39 is 0 Å². The van der Waals surface area contributed by atoms with Crippen LogP contribution >= 0.6 is 43.2 Å². The minimum atomic E-state index is -0.261. The van der Waals surface area contributed by atoms with E-state index in [4.69, 9.17) is 4.74 Å². The number of rotatable bonds is 6. The van der Waals surface area contributed by atoms with Crippen molar-refractivity contribution in [3.05, 3.63) is 48.8 Å². The van der Waals surface area contributed by atoms with Crippen LogP contribution in [0.5, 0.6) is 5.75 Å². The number of methoxy groups -OCH3 is 1. The fourth-order valence-electron chi connectivity index (χ4n) is 2.03. The van der Waals surface area contributed by atoms with Gasteiger partial charge in [-0.15, -0.1) is 11.3 Å². The molecular weight excluding hydrogens is 421 g/mol. The highest BCUT2D eigenvalue weighted by molar-refractivity contribution is 9.13. The van der Waals surface area contributed by atoms with Gasteiger partial charge in [0.25, 0.3) is 0 Å². The molecule has 2 aromatic rings. The maximum absolute atomic E-state index is 14.4. The van der Waals surface area contributed by atoms with E-state index in [1.165, 1.54) is 13.2 Å². The summed E-state index contributed by atoms with van der Waals surface area (Å²) in [5.74, 6) is 0.266. The van der Waals surface area contributed by atoms with Crippen molar-refractivity contribution in [1.82, 2.24) is 5.32 Å². The van der Waals surface area contributed by atoms with Gasteiger partial charge in [0.05, 0.1) is 16.9 Å². The first-order valence-electron chi connectivity index (χ1n) is 6.58. The second-order valence-corrected chi connectivity index (χ2v) is 7.80. The molecule has 0 spiro atoms. The highest BCUT2D eigenvalue weighted by Gasteiger charge is 2.20. The molecular formula is C15H16Br2FNOS. The molecule has 1 heterocycles. The van der Waals surface area contributed by atoms with Gasteiger partial charge in [-0.2, -0.15) is 0 Å². The van der Waals surface area contributed by atoms with E-state index in [0.29, 0.717) is 11.3 Å². The lowest BCUT2D eigenvalue weighted by molar-refractivity contribution is 0.410. The molecule has 1 aromatic heterocycles. The van der Waals surface area contributed by atoms with Crippen molar-refractivity contribution in [2.75, 3.05) is 13.7 Å². The summed E-state index contributed by atoms with van der Waals surface area (Å²) in [5.41, 5.74) is 0.630. The van der Waals surface area contributed by atoms with Crippen molar-refractivity contribution in [3.8, 4) is 5.75 Å². The topological polar surface area (TPSA) is 21.3 Å². The van der Waals surface area contributed by atoms with Crippen LogP contribution in [0.4, 0.5) is 4.39 Å². The van der Waals surface area contributed by atoms with Gasteiger partial charge in [0, 0.05) is 21.0 Å². The maximum atomic E-state index is 14.4. The van der Waals surface area contributed by atoms with Gasteiger partial charge in [0.1, 0.15) is 11.6 Å². The van der Waals surface area contributed by atoms with Crippen LogP contribution in [0.1, 0.15) is 29.8 Å². The lowest BCUT2D eigenvalue weighted by atomic mass is 10.0. The first-order valence-corrected chi connectivity index (χ1v) is 8.98. The Morgan fingerprint density at radius 2 is 2.10 bits per heavy atom. The smallest absolute Gasteiger partial charge is 0.132 e. The number of benzene rings is 1. The van der Waals surface area contributed by atoms with Crippen LogP contribution in [0.15, 0.2) is 32.5 Å². The molecule has 1 aromatic carbocycles. The number of ether oxygens (including phenoxy) is 1.